The standard InChI is InChI=1S/C20H16F3N7O/c21-20(22,23)16-12-30-14(9-27-18(30)10-26-16)19-25-6-4-17(28-19)29-7-8-31-15(11-29)13-3-1-2-5-24-13/h1-6,9-10,12,15H,7-8,11H2/t15-/m0/s1. The summed E-state index contributed by atoms with van der Waals surface area (Å²) < 4.78 is 46.4. The van der Waals surface area contributed by atoms with Crippen molar-refractivity contribution in [2.24, 2.45) is 0 Å². The summed E-state index contributed by atoms with van der Waals surface area (Å²) in [6, 6.07) is 7.42. The summed E-state index contributed by atoms with van der Waals surface area (Å²) in [5.74, 6) is 0.916. The van der Waals surface area contributed by atoms with Crippen molar-refractivity contribution in [3.05, 3.63) is 66.6 Å². The summed E-state index contributed by atoms with van der Waals surface area (Å²) in [6.45, 7) is 1.66. The number of fused-ring (bicyclic) bond motifs is 1. The monoisotopic (exact) mass is 427 g/mol. The summed E-state index contributed by atoms with van der Waals surface area (Å²) in [6.07, 6.45) is 1.95. The third-order valence-electron chi connectivity index (χ3n) is 4.96. The van der Waals surface area contributed by atoms with Gasteiger partial charge in [0.15, 0.2) is 17.2 Å². The van der Waals surface area contributed by atoms with E-state index < -0.39 is 11.9 Å². The van der Waals surface area contributed by atoms with Crippen LogP contribution in [0.4, 0.5) is 19.0 Å². The van der Waals surface area contributed by atoms with Crippen molar-refractivity contribution in [1.29, 1.82) is 0 Å². The second-order valence-electron chi connectivity index (χ2n) is 6.94. The number of hydrogen-bond acceptors (Lipinski definition) is 7. The first-order valence-electron chi connectivity index (χ1n) is 9.50. The minimum Gasteiger partial charge on any atom is -0.368 e. The fourth-order valence-electron chi connectivity index (χ4n) is 3.45. The van der Waals surface area contributed by atoms with Crippen LogP contribution in [0.1, 0.15) is 17.5 Å². The third kappa shape index (κ3) is 3.79. The second-order valence-corrected chi connectivity index (χ2v) is 6.94. The molecule has 1 aliphatic rings. The normalized spacial score (nSPS) is 17.3. The van der Waals surface area contributed by atoms with Gasteiger partial charge in [0.1, 0.15) is 17.6 Å². The molecular weight excluding hydrogens is 411 g/mol. The van der Waals surface area contributed by atoms with E-state index in [4.69, 9.17) is 4.74 Å². The highest BCUT2D eigenvalue weighted by Crippen LogP contribution is 2.29. The Morgan fingerprint density at radius 3 is 2.71 bits per heavy atom. The van der Waals surface area contributed by atoms with Crippen LogP contribution in [0.3, 0.4) is 0 Å². The van der Waals surface area contributed by atoms with Gasteiger partial charge in [-0.25, -0.2) is 19.9 Å². The Morgan fingerprint density at radius 2 is 1.90 bits per heavy atom. The van der Waals surface area contributed by atoms with Crippen LogP contribution in [-0.4, -0.2) is 49.0 Å². The number of pyridine rings is 1. The van der Waals surface area contributed by atoms with Crippen molar-refractivity contribution in [2.75, 3.05) is 24.6 Å². The molecule has 0 amide bonds. The molecule has 31 heavy (non-hydrogen) atoms. The molecule has 1 fully saturated rings. The second kappa shape index (κ2) is 7.58. The van der Waals surface area contributed by atoms with Gasteiger partial charge < -0.3 is 9.64 Å². The zero-order valence-corrected chi connectivity index (χ0v) is 16.1. The van der Waals surface area contributed by atoms with Crippen molar-refractivity contribution in [1.82, 2.24) is 29.3 Å². The maximum atomic E-state index is 13.1. The molecule has 0 radical (unpaired) electrons. The SMILES string of the molecule is FC(F)(F)c1cn2c(-c3nccc(N4CCO[C@H](c5ccccn5)C4)n3)cnc2cn1. The molecule has 4 aromatic rings. The molecule has 5 rings (SSSR count). The van der Waals surface area contributed by atoms with E-state index in [1.807, 2.05) is 23.1 Å². The minimum absolute atomic E-state index is 0.204. The molecule has 5 heterocycles. The van der Waals surface area contributed by atoms with E-state index in [0.29, 0.717) is 31.2 Å². The van der Waals surface area contributed by atoms with Crippen molar-refractivity contribution in [3.8, 4) is 11.5 Å². The lowest BCUT2D eigenvalue weighted by molar-refractivity contribution is -0.141. The molecule has 0 bridgehead atoms. The zero-order valence-electron chi connectivity index (χ0n) is 16.1. The van der Waals surface area contributed by atoms with Crippen molar-refractivity contribution in [3.63, 3.8) is 0 Å². The molecule has 0 aromatic carbocycles. The number of nitrogens with zero attached hydrogens (tertiary/aromatic N) is 7. The van der Waals surface area contributed by atoms with E-state index in [2.05, 4.69) is 24.9 Å². The number of ether oxygens (including phenoxy) is 1. The Labute approximate surface area is 174 Å². The molecular formula is C20H16F3N7O. The number of aromatic nitrogens is 6. The Morgan fingerprint density at radius 1 is 1.00 bits per heavy atom. The van der Waals surface area contributed by atoms with Gasteiger partial charge in [-0.1, -0.05) is 6.07 Å². The molecule has 1 saturated heterocycles. The van der Waals surface area contributed by atoms with Crippen LogP contribution in [0.5, 0.6) is 0 Å². The van der Waals surface area contributed by atoms with Gasteiger partial charge in [-0.2, -0.15) is 13.2 Å². The summed E-state index contributed by atoms with van der Waals surface area (Å²) in [4.78, 5) is 22.8. The van der Waals surface area contributed by atoms with Gasteiger partial charge in [0.05, 0.1) is 31.2 Å². The quantitative estimate of drug-likeness (QED) is 0.497. The average molecular weight is 427 g/mol. The molecule has 0 unspecified atom stereocenters. The molecule has 1 aliphatic heterocycles. The van der Waals surface area contributed by atoms with Crippen LogP contribution < -0.4 is 4.90 Å². The Kier molecular flexibility index (Phi) is 4.74. The molecule has 0 saturated carbocycles. The molecule has 0 aliphatic carbocycles. The van der Waals surface area contributed by atoms with Gasteiger partial charge in [0, 0.05) is 25.1 Å². The van der Waals surface area contributed by atoms with Gasteiger partial charge in [0.25, 0.3) is 0 Å². The largest absolute Gasteiger partial charge is 0.434 e. The highest BCUT2D eigenvalue weighted by atomic mass is 19.4. The molecule has 0 N–H and O–H groups in total. The molecule has 11 heteroatoms. The van der Waals surface area contributed by atoms with Crippen LogP contribution >= 0.6 is 0 Å². The van der Waals surface area contributed by atoms with Gasteiger partial charge in [-0.05, 0) is 18.2 Å². The van der Waals surface area contributed by atoms with Crippen LogP contribution in [0, 0.1) is 0 Å². The van der Waals surface area contributed by atoms with Crippen LogP contribution in [0.25, 0.3) is 17.2 Å². The fourth-order valence-corrected chi connectivity index (χ4v) is 3.45. The third-order valence-corrected chi connectivity index (χ3v) is 4.96. The number of morpholine rings is 1. The van der Waals surface area contributed by atoms with E-state index in [1.165, 1.54) is 10.6 Å². The molecule has 8 nitrogen and oxygen atoms in total. The number of anilines is 1. The van der Waals surface area contributed by atoms with E-state index in [9.17, 15) is 13.2 Å². The first-order valence-corrected chi connectivity index (χ1v) is 9.50. The Bertz CT molecular complexity index is 1210. The lowest BCUT2D eigenvalue weighted by Crippen LogP contribution is -2.39. The van der Waals surface area contributed by atoms with Gasteiger partial charge >= 0.3 is 6.18 Å². The van der Waals surface area contributed by atoms with Crippen LogP contribution in [0.15, 0.2) is 55.2 Å². The minimum atomic E-state index is -4.56. The Hall–Kier alpha value is -3.60. The fraction of sp³-hybridized carbons (Fsp3) is 0.250. The van der Waals surface area contributed by atoms with Gasteiger partial charge in [0.2, 0.25) is 0 Å². The number of hydrogen-bond donors (Lipinski definition) is 0. The zero-order chi connectivity index (χ0) is 21.4. The van der Waals surface area contributed by atoms with Crippen molar-refractivity contribution in [2.45, 2.75) is 12.3 Å². The predicted molar refractivity (Wildman–Crippen MR) is 104 cm³/mol. The van der Waals surface area contributed by atoms with E-state index >= 15 is 0 Å². The summed E-state index contributed by atoms with van der Waals surface area (Å²) in [5, 5.41) is 0. The summed E-state index contributed by atoms with van der Waals surface area (Å²) in [5.41, 5.74) is 0.440. The molecule has 158 valence electrons. The van der Waals surface area contributed by atoms with Gasteiger partial charge in [-0.15, -0.1) is 0 Å². The highest BCUT2D eigenvalue weighted by molar-refractivity contribution is 5.58. The van der Waals surface area contributed by atoms with Crippen LogP contribution in [0.2, 0.25) is 0 Å². The highest BCUT2D eigenvalue weighted by Gasteiger charge is 2.33. The smallest absolute Gasteiger partial charge is 0.368 e. The molecule has 1 atom stereocenters. The van der Waals surface area contributed by atoms with E-state index in [0.717, 1.165) is 18.1 Å². The maximum Gasteiger partial charge on any atom is 0.434 e. The number of rotatable bonds is 3. The lowest BCUT2D eigenvalue weighted by atomic mass is 10.2. The first-order chi connectivity index (χ1) is 15.0. The maximum absolute atomic E-state index is 13.1. The summed E-state index contributed by atoms with van der Waals surface area (Å²) in [7, 11) is 0. The van der Waals surface area contributed by atoms with Crippen molar-refractivity contribution < 1.29 is 17.9 Å². The predicted octanol–water partition coefficient (Wildman–Crippen LogP) is 3.18. The topological polar surface area (TPSA) is 81.3 Å². The van der Waals surface area contributed by atoms with Crippen LogP contribution in [-0.2, 0) is 10.9 Å². The Balaban J connectivity index is 1.47. The molecule has 4 aromatic heterocycles. The average Bonchev–Trinajstić information content (AvgIpc) is 3.23. The summed E-state index contributed by atoms with van der Waals surface area (Å²) >= 11 is 0. The number of imidazole rings is 1. The number of halogens is 3. The van der Waals surface area contributed by atoms with Gasteiger partial charge in [-0.3, -0.25) is 9.38 Å². The van der Waals surface area contributed by atoms with E-state index in [1.54, 1.807) is 18.5 Å². The molecule has 0 spiro atoms. The first kappa shape index (κ1) is 19.4. The van der Waals surface area contributed by atoms with Crippen molar-refractivity contribution >= 4 is 11.5 Å². The lowest BCUT2D eigenvalue weighted by Gasteiger charge is -2.33. The number of alkyl halides is 3. The van der Waals surface area contributed by atoms with E-state index in [-0.39, 0.29) is 17.6 Å².